The fourth-order valence-electron chi connectivity index (χ4n) is 1.58. The van der Waals surface area contributed by atoms with E-state index in [0.29, 0.717) is 6.54 Å². The number of nitrogens with zero attached hydrogens (tertiary/aromatic N) is 2. The second-order valence-corrected chi connectivity index (χ2v) is 3.58. The zero-order valence-corrected chi connectivity index (χ0v) is 12.5. The van der Waals surface area contributed by atoms with E-state index in [9.17, 15) is 0 Å². The van der Waals surface area contributed by atoms with Crippen molar-refractivity contribution in [2.24, 2.45) is 16.5 Å². The van der Waals surface area contributed by atoms with Crippen LogP contribution in [0, 0.1) is 0 Å². The van der Waals surface area contributed by atoms with Crippen molar-refractivity contribution in [3.63, 3.8) is 0 Å². The zero-order chi connectivity index (χ0) is 11.8. The van der Waals surface area contributed by atoms with E-state index in [0.717, 1.165) is 19.5 Å². The maximum absolute atomic E-state index is 5.27. The summed E-state index contributed by atoms with van der Waals surface area (Å²) in [4.78, 5) is 6.28. The molecule has 0 aliphatic heterocycles. The van der Waals surface area contributed by atoms with Crippen LogP contribution in [-0.4, -0.2) is 25.6 Å². The molecule has 5 heteroatoms. The predicted molar refractivity (Wildman–Crippen MR) is 85.0 cm³/mol. The van der Waals surface area contributed by atoms with Gasteiger partial charge in [-0.2, -0.15) is 0 Å². The summed E-state index contributed by atoms with van der Waals surface area (Å²) in [7, 11) is 0. The molecule has 17 heavy (non-hydrogen) atoms. The van der Waals surface area contributed by atoms with Crippen molar-refractivity contribution in [3.05, 3.63) is 30.3 Å². The fraction of sp³-hybridized carbons (Fsp3) is 0.417. The maximum atomic E-state index is 5.27. The van der Waals surface area contributed by atoms with Crippen LogP contribution in [0.3, 0.4) is 0 Å². The Morgan fingerprint density at radius 1 is 1.24 bits per heavy atom. The molecule has 0 unspecified atom stereocenters. The van der Waals surface area contributed by atoms with Gasteiger partial charge in [-0.1, -0.05) is 18.2 Å². The first-order chi connectivity index (χ1) is 7.74. The lowest BCUT2D eigenvalue weighted by molar-refractivity contribution is 0.754. The Morgan fingerprint density at radius 3 is 2.41 bits per heavy atom. The van der Waals surface area contributed by atoms with Gasteiger partial charge in [-0.25, -0.2) is 0 Å². The summed E-state index contributed by atoms with van der Waals surface area (Å²) in [6, 6.07) is 10.4. The van der Waals surface area contributed by atoms with E-state index < -0.39 is 0 Å². The Kier molecular flexibility index (Phi) is 8.57. The van der Waals surface area contributed by atoms with Crippen molar-refractivity contribution in [1.82, 2.24) is 0 Å². The normalized spacial score (nSPS) is 9.24. The second kappa shape index (κ2) is 9.09. The van der Waals surface area contributed by atoms with Gasteiger partial charge >= 0.3 is 0 Å². The third-order valence-corrected chi connectivity index (χ3v) is 2.38. The van der Waals surface area contributed by atoms with E-state index in [-0.39, 0.29) is 29.9 Å². The van der Waals surface area contributed by atoms with E-state index in [1.807, 2.05) is 18.2 Å². The number of guanidine groups is 1. The number of hydrogen-bond donors (Lipinski definition) is 2. The number of rotatable bonds is 6. The van der Waals surface area contributed by atoms with Crippen LogP contribution in [0.25, 0.3) is 0 Å². The highest BCUT2D eigenvalue weighted by molar-refractivity contribution is 14.0. The average molecular weight is 348 g/mol. The van der Waals surface area contributed by atoms with Gasteiger partial charge in [0.2, 0.25) is 0 Å². The third kappa shape index (κ3) is 6.35. The number of aliphatic imine (C=N–C) groups is 1. The van der Waals surface area contributed by atoms with Crippen LogP contribution in [0.4, 0.5) is 5.69 Å². The number of halogens is 1. The molecule has 4 N–H and O–H groups in total. The monoisotopic (exact) mass is 348 g/mol. The Labute approximate surface area is 120 Å². The predicted octanol–water partition coefficient (Wildman–Crippen LogP) is 1.79. The number of nitrogens with two attached hydrogens (primary N) is 2. The molecule has 0 bridgehead atoms. The molecule has 4 nitrogen and oxygen atoms in total. The molecule has 0 amide bonds. The van der Waals surface area contributed by atoms with Gasteiger partial charge in [-0.15, -0.1) is 24.0 Å². The molecular formula is C12H21IN4. The molecule has 0 heterocycles. The van der Waals surface area contributed by atoms with Gasteiger partial charge < -0.3 is 16.4 Å². The van der Waals surface area contributed by atoms with Crippen LogP contribution in [0.2, 0.25) is 0 Å². The van der Waals surface area contributed by atoms with E-state index >= 15 is 0 Å². The molecule has 0 aliphatic carbocycles. The third-order valence-electron chi connectivity index (χ3n) is 2.38. The molecule has 0 spiro atoms. The Morgan fingerprint density at radius 2 is 1.88 bits per heavy atom. The number of benzene rings is 1. The number of hydrogen-bond acceptors (Lipinski definition) is 2. The lowest BCUT2D eigenvalue weighted by atomic mass is 10.2. The van der Waals surface area contributed by atoms with Crippen LogP contribution in [-0.2, 0) is 0 Å². The lowest BCUT2D eigenvalue weighted by Gasteiger charge is -2.22. The van der Waals surface area contributed by atoms with Gasteiger partial charge in [0.05, 0.1) is 0 Å². The highest BCUT2D eigenvalue weighted by atomic mass is 127. The molecule has 0 aromatic heterocycles. The van der Waals surface area contributed by atoms with E-state index in [2.05, 4.69) is 28.9 Å². The SMILES string of the molecule is CCN(CCCN=C(N)N)c1ccccc1.I. The summed E-state index contributed by atoms with van der Waals surface area (Å²) in [5.74, 6) is 0.169. The molecule has 0 radical (unpaired) electrons. The Balaban J connectivity index is 0.00000256. The number of para-hydroxylation sites is 1. The molecule has 0 saturated carbocycles. The van der Waals surface area contributed by atoms with Gasteiger partial charge in [0.1, 0.15) is 0 Å². The van der Waals surface area contributed by atoms with Gasteiger partial charge in [0.25, 0.3) is 0 Å². The molecule has 1 aromatic carbocycles. The Bertz CT molecular complexity index is 323. The van der Waals surface area contributed by atoms with Crippen molar-refractivity contribution < 1.29 is 0 Å². The highest BCUT2D eigenvalue weighted by Gasteiger charge is 2.01. The molecule has 0 aliphatic rings. The first kappa shape index (κ1) is 16.0. The highest BCUT2D eigenvalue weighted by Crippen LogP contribution is 2.12. The van der Waals surface area contributed by atoms with Crippen LogP contribution >= 0.6 is 24.0 Å². The largest absolute Gasteiger partial charge is 0.372 e. The smallest absolute Gasteiger partial charge is 0.185 e. The first-order valence-electron chi connectivity index (χ1n) is 5.59. The summed E-state index contributed by atoms with van der Waals surface area (Å²) in [6.45, 7) is 4.79. The molecular weight excluding hydrogens is 327 g/mol. The summed E-state index contributed by atoms with van der Waals surface area (Å²) >= 11 is 0. The summed E-state index contributed by atoms with van der Waals surface area (Å²) in [6.07, 6.45) is 0.959. The topological polar surface area (TPSA) is 67.6 Å². The summed E-state index contributed by atoms with van der Waals surface area (Å²) < 4.78 is 0. The minimum Gasteiger partial charge on any atom is -0.372 e. The lowest BCUT2D eigenvalue weighted by Crippen LogP contribution is -2.26. The van der Waals surface area contributed by atoms with Crippen molar-refractivity contribution in [2.75, 3.05) is 24.5 Å². The molecule has 96 valence electrons. The van der Waals surface area contributed by atoms with Crippen LogP contribution < -0.4 is 16.4 Å². The van der Waals surface area contributed by atoms with Crippen molar-refractivity contribution >= 4 is 35.6 Å². The zero-order valence-electron chi connectivity index (χ0n) is 10.2. The minimum atomic E-state index is 0. The fourth-order valence-corrected chi connectivity index (χ4v) is 1.58. The standard InChI is InChI=1S/C12H20N4.HI/c1-2-16(10-6-9-15-12(13)14)11-7-4-3-5-8-11;/h3-5,7-8H,2,6,9-10H2,1H3,(H4,13,14,15);1H. The van der Waals surface area contributed by atoms with Crippen LogP contribution in [0.5, 0.6) is 0 Å². The van der Waals surface area contributed by atoms with Gasteiger partial charge in [0.15, 0.2) is 5.96 Å². The summed E-state index contributed by atoms with van der Waals surface area (Å²) in [5, 5.41) is 0. The van der Waals surface area contributed by atoms with Crippen molar-refractivity contribution in [3.8, 4) is 0 Å². The number of anilines is 1. The van der Waals surface area contributed by atoms with Crippen molar-refractivity contribution in [1.29, 1.82) is 0 Å². The van der Waals surface area contributed by atoms with Crippen molar-refractivity contribution in [2.45, 2.75) is 13.3 Å². The Hall–Kier alpha value is -0.980. The minimum absolute atomic E-state index is 0. The second-order valence-electron chi connectivity index (χ2n) is 3.58. The molecule has 0 saturated heterocycles. The quantitative estimate of drug-likeness (QED) is 0.357. The molecule has 1 aromatic rings. The van der Waals surface area contributed by atoms with E-state index in [1.165, 1.54) is 5.69 Å². The summed E-state index contributed by atoms with van der Waals surface area (Å²) in [5.41, 5.74) is 11.8. The maximum Gasteiger partial charge on any atom is 0.185 e. The van der Waals surface area contributed by atoms with E-state index in [4.69, 9.17) is 11.5 Å². The molecule has 0 fully saturated rings. The van der Waals surface area contributed by atoms with Gasteiger partial charge in [0, 0.05) is 25.3 Å². The first-order valence-corrected chi connectivity index (χ1v) is 5.59. The van der Waals surface area contributed by atoms with E-state index in [1.54, 1.807) is 0 Å². The average Bonchev–Trinajstić information content (AvgIpc) is 2.30. The van der Waals surface area contributed by atoms with Crippen LogP contribution in [0.1, 0.15) is 13.3 Å². The molecule has 1 rings (SSSR count). The van der Waals surface area contributed by atoms with Gasteiger partial charge in [-0.3, -0.25) is 4.99 Å². The van der Waals surface area contributed by atoms with Gasteiger partial charge in [-0.05, 0) is 25.5 Å². The molecule has 0 atom stereocenters. The van der Waals surface area contributed by atoms with Crippen LogP contribution in [0.15, 0.2) is 35.3 Å².